The molecule has 0 aromatic heterocycles. The lowest BCUT2D eigenvalue weighted by molar-refractivity contribution is -0.0848. The minimum Gasteiger partial charge on any atom is -0.165 e. The molecule has 0 bridgehead atoms. The molecule has 1 fully saturated rings. The molecule has 0 aliphatic heterocycles. The Morgan fingerprint density at radius 2 is 1.92 bits per heavy atom. The van der Waals surface area contributed by atoms with Gasteiger partial charge in [0.25, 0.3) is 0 Å². The minimum atomic E-state index is -4.37. The molecule has 1 rings (SSSR count). The van der Waals surface area contributed by atoms with E-state index in [1.807, 2.05) is 13.8 Å². The molecule has 1 saturated carbocycles. The lowest BCUT2D eigenvalue weighted by atomic mass is 10.1. The molecule has 0 aromatic carbocycles. The van der Waals surface area contributed by atoms with Gasteiger partial charge in [-0.25, -0.2) is 0 Å². The van der Waals surface area contributed by atoms with Gasteiger partial charge in [0, 0.05) is 0 Å². The molecule has 0 spiro atoms. The summed E-state index contributed by atoms with van der Waals surface area (Å²) < 4.78 is 35.7. The van der Waals surface area contributed by atoms with Crippen molar-refractivity contribution in [3.63, 3.8) is 0 Å². The molecule has 0 aromatic rings. The summed E-state index contributed by atoms with van der Waals surface area (Å²) in [5, 5.41) is -0.988. The summed E-state index contributed by atoms with van der Waals surface area (Å²) >= 11 is 5.06. The predicted octanol–water partition coefficient (Wildman–Crippen LogP) is 3.72. The average molecular weight is 199 g/mol. The maximum Gasteiger partial charge on any atom is 0.426 e. The van der Waals surface area contributed by atoms with Crippen molar-refractivity contribution < 1.29 is 13.2 Å². The Bertz CT molecular complexity index is 215. The Hall–Kier alpha value is -0.180. The van der Waals surface area contributed by atoms with Crippen LogP contribution in [-0.4, -0.2) is 6.18 Å². The second kappa shape index (κ2) is 2.66. The summed E-state index contributed by atoms with van der Waals surface area (Å²) in [5.74, 6) is -0.00775. The van der Waals surface area contributed by atoms with E-state index in [2.05, 4.69) is 0 Å². The van der Waals surface area contributed by atoms with Crippen LogP contribution >= 0.6 is 11.6 Å². The maximum atomic E-state index is 11.9. The maximum absolute atomic E-state index is 11.9. The third-order valence-electron chi connectivity index (χ3n) is 2.21. The van der Waals surface area contributed by atoms with Crippen molar-refractivity contribution in [3.05, 3.63) is 11.1 Å². The molecule has 12 heavy (non-hydrogen) atoms. The standard InChI is InChI=1S/C8H10ClF3/c1-7(2)4-5(7)3-6(9)8(10,11)12/h3,5H,4H2,1-2H3/b6-3-/t5-/m0/s1. The van der Waals surface area contributed by atoms with Crippen LogP contribution in [0.15, 0.2) is 11.1 Å². The van der Waals surface area contributed by atoms with E-state index in [-0.39, 0.29) is 11.3 Å². The Labute approximate surface area is 74.4 Å². The van der Waals surface area contributed by atoms with E-state index in [4.69, 9.17) is 11.6 Å². The van der Waals surface area contributed by atoms with Crippen molar-refractivity contribution in [2.24, 2.45) is 11.3 Å². The second-order valence-electron chi connectivity index (χ2n) is 3.81. The number of alkyl halides is 3. The largest absolute Gasteiger partial charge is 0.426 e. The van der Waals surface area contributed by atoms with Crippen LogP contribution in [0.2, 0.25) is 0 Å². The lowest BCUT2D eigenvalue weighted by Crippen LogP contribution is -2.07. The summed E-state index contributed by atoms with van der Waals surface area (Å²) in [7, 11) is 0. The van der Waals surface area contributed by atoms with Crippen LogP contribution in [0.1, 0.15) is 20.3 Å². The fourth-order valence-electron chi connectivity index (χ4n) is 1.06. The van der Waals surface area contributed by atoms with Crippen molar-refractivity contribution in [3.8, 4) is 0 Å². The first-order valence-electron chi connectivity index (χ1n) is 3.68. The van der Waals surface area contributed by atoms with Gasteiger partial charge in [0.05, 0.1) is 0 Å². The third kappa shape index (κ3) is 2.16. The molecule has 0 unspecified atom stereocenters. The van der Waals surface area contributed by atoms with Crippen molar-refractivity contribution >= 4 is 11.6 Å². The van der Waals surface area contributed by atoms with Gasteiger partial charge in [0.1, 0.15) is 5.03 Å². The molecule has 0 saturated heterocycles. The summed E-state index contributed by atoms with van der Waals surface area (Å²) in [6.07, 6.45) is -2.47. The predicted molar refractivity (Wildman–Crippen MR) is 41.9 cm³/mol. The Balaban J connectivity index is 2.60. The van der Waals surface area contributed by atoms with E-state index >= 15 is 0 Å². The van der Waals surface area contributed by atoms with Gasteiger partial charge in [-0.05, 0) is 17.8 Å². The highest BCUT2D eigenvalue weighted by Gasteiger charge is 2.46. The van der Waals surface area contributed by atoms with Gasteiger partial charge < -0.3 is 0 Å². The molecule has 0 nitrogen and oxygen atoms in total. The van der Waals surface area contributed by atoms with Gasteiger partial charge in [-0.3, -0.25) is 0 Å². The first-order valence-corrected chi connectivity index (χ1v) is 4.06. The number of hydrogen-bond acceptors (Lipinski definition) is 0. The lowest BCUT2D eigenvalue weighted by Gasteiger charge is -2.04. The van der Waals surface area contributed by atoms with Crippen LogP contribution in [-0.2, 0) is 0 Å². The molecule has 0 N–H and O–H groups in total. The minimum absolute atomic E-state index is 0.00535. The third-order valence-corrected chi connectivity index (χ3v) is 2.55. The van der Waals surface area contributed by atoms with Crippen LogP contribution in [0.25, 0.3) is 0 Å². The van der Waals surface area contributed by atoms with E-state index in [0.717, 1.165) is 12.5 Å². The number of rotatable bonds is 1. The van der Waals surface area contributed by atoms with E-state index < -0.39 is 11.2 Å². The molecule has 1 atom stereocenters. The second-order valence-corrected chi connectivity index (χ2v) is 4.22. The fraction of sp³-hybridized carbons (Fsp3) is 0.750. The molecular weight excluding hydrogens is 189 g/mol. The van der Waals surface area contributed by atoms with Crippen molar-refractivity contribution in [1.29, 1.82) is 0 Å². The van der Waals surface area contributed by atoms with Gasteiger partial charge in [-0.2, -0.15) is 13.2 Å². The zero-order valence-corrected chi connectivity index (χ0v) is 7.63. The van der Waals surface area contributed by atoms with E-state index in [1.165, 1.54) is 0 Å². The molecule has 0 heterocycles. The highest BCUT2D eigenvalue weighted by molar-refractivity contribution is 6.30. The molecule has 0 radical (unpaired) electrons. The summed E-state index contributed by atoms with van der Waals surface area (Å²) in [4.78, 5) is 0. The van der Waals surface area contributed by atoms with Crippen molar-refractivity contribution in [2.45, 2.75) is 26.4 Å². The Morgan fingerprint density at radius 3 is 2.17 bits per heavy atom. The van der Waals surface area contributed by atoms with Crippen LogP contribution in [0.5, 0.6) is 0 Å². The average Bonchev–Trinajstić information content (AvgIpc) is 2.36. The Morgan fingerprint density at radius 1 is 1.50 bits per heavy atom. The quantitative estimate of drug-likeness (QED) is 0.603. The zero-order chi connectivity index (χ0) is 9.57. The van der Waals surface area contributed by atoms with Crippen LogP contribution < -0.4 is 0 Å². The van der Waals surface area contributed by atoms with E-state index in [9.17, 15) is 13.2 Å². The normalized spacial score (nSPS) is 28.8. The van der Waals surface area contributed by atoms with Crippen molar-refractivity contribution in [1.82, 2.24) is 0 Å². The van der Waals surface area contributed by atoms with Gasteiger partial charge in [-0.1, -0.05) is 31.5 Å². The van der Waals surface area contributed by atoms with E-state index in [0.29, 0.717) is 0 Å². The number of halogens is 4. The zero-order valence-electron chi connectivity index (χ0n) is 6.87. The summed E-state index contributed by atoms with van der Waals surface area (Å²) in [6, 6.07) is 0. The first-order chi connectivity index (χ1) is 5.23. The van der Waals surface area contributed by atoms with Gasteiger partial charge in [0.2, 0.25) is 0 Å². The Kier molecular flexibility index (Phi) is 2.19. The SMILES string of the molecule is CC1(C)C[C@@H]1/C=C(\Cl)C(F)(F)F. The molecular formula is C8H10ClF3. The highest BCUT2D eigenvalue weighted by atomic mass is 35.5. The molecule has 4 heteroatoms. The molecule has 0 amide bonds. The van der Waals surface area contributed by atoms with Gasteiger partial charge >= 0.3 is 6.18 Å². The fourth-order valence-corrected chi connectivity index (χ4v) is 1.22. The van der Waals surface area contributed by atoms with Crippen LogP contribution in [0.4, 0.5) is 13.2 Å². The van der Waals surface area contributed by atoms with Crippen LogP contribution in [0.3, 0.4) is 0 Å². The smallest absolute Gasteiger partial charge is 0.165 e. The molecule has 1 aliphatic rings. The van der Waals surface area contributed by atoms with Crippen molar-refractivity contribution in [2.75, 3.05) is 0 Å². The van der Waals surface area contributed by atoms with Gasteiger partial charge in [-0.15, -0.1) is 0 Å². The highest BCUT2D eigenvalue weighted by Crippen LogP contribution is 2.53. The topological polar surface area (TPSA) is 0 Å². The first kappa shape index (κ1) is 9.90. The number of hydrogen-bond donors (Lipinski definition) is 0. The summed E-state index contributed by atoms with van der Waals surface area (Å²) in [5.41, 5.74) is 0.00535. The van der Waals surface area contributed by atoms with Crippen LogP contribution in [0, 0.1) is 11.3 Å². The number of allylic oxidation sites excluding steroid dienone is 2. The van der Waals surface area contributed by atoms with E-state index in [1.54, 1.807) is 0 Å². The monoisotopic (exact) mass is 198 g/mol. The molecule has 70 valence electrons. The summed E-state index contributed by atoms with van der Waals surface area (Å²) in [6.45, 7) is 3.85. The van der Waals surface area contributed by atoms with Gasteiger partial charge in [0.15, 0.2) is 0 Å². The molecule has 1 aliphatic carbocycles.